The van der Waals surface area contributed by atoms with Gasteiger partial charge in [0.2, 0.25) is 5.95 Å². The molecule has 0 aliphatic carbocycles. The summed E-state index contributed by atoms with van der Waals surface area (Å²) in [5.74, 6) is 2.04. The van der Waals surface area contributed by atoms with Gasteiger partial charge in [0.05, 0.1) is 48.1 Å². The Morgan fingerprint density at radius 3 is 2.91 bits per heavy atom. The van der Waals surface area contributed by atoms with E-state index in [2.05, 4.69) is 36.6 Å². The van der Waals surface area contributed by atoms with Crippen molar-refractivity contribution in [1.82, 2.24) is 29.5 Å². The average Bonchev–Trinajstić information content (AvgIpc) is 3.61. The van der Waals surface area contributed by atoms with Crippen molar-refractivity contribution in [3.05, 3.63) is 52.7 Å². The van der Waals surface area contributed by atoms with E-state index in [1.807, 2.05) is 22.1 Å². The molecule has 6 rings (SSSR count). The fraction of sp³-hybridized carbons (Fsp3) is 0.227. The maximum atomic E-state index is 9.13. The van der Waals surface area contributed by atoms with Crippen molar-refractivity contribution in [2.75, 3.05) is 36.5 Å². The van der Waals surface area contributed by atoms with E-state index in [9.17, 15) is 0 Å². The third-order valence-electron chi connectivity index (χ3n) is 5.55. The van der Waals surface area contributed by atoms with Gasteiger partial charge in [0.1, 0.15) is 12.2 Å². The molecule has 11 heteroatoms. The molecule has 0 unspecified atom stereocenters. The van der Waals surface area contributed by atoms with Crippen molar-refractivity contribution < 1.29 is 4.74 Å². The Hall–Kier alpha value is -4.01. The summed E-state index contributed by atoms with van der Waals surface area (Å²) < 4.78 is 7.48. The molecule has 0 radical (unpaired) electrons. The topological polar surface area (TPSA) is 121 Å². The third kappa shape index (κ3) is 3.65. The van der Waals surface area contributed by atoms with Crippen LogP contribution in [0.4, 0.5) is 11.8 Å². The normalized spacial score (nSPS) is 14.1. The summed E-state index contributed by atoms with van der Waals surface area (Å²) in [6.07, 6.45) is 1.78. The van der Waals surface area contributed by atoms with Crippen LogP contribution in [0.2, 0.25) is 0 Å². The van der Waals surface area contributed by atoms with Gasteiger partial charge in [0.25, 0.3) is 0 Å². The van der Waals surface area contributed by atoms with Gasteiger partial charge < -0.3 is 19.9 Å². The predicted octanol–water partition coefficient (Wildman–Crippen LogP) is 3.07. The van der Waals surface area contributed by atoms with Crippen LogP contribution >= 0.6 is 11.3 Å². The van der Waals surface area contributed by atoms with E-state index in [0.29, 0.717) is 42.6 Å². The number of anilines is 2. The zero-order valence-electron chi connectivity index (χ0n) is 17.5. The largest absolute Gasteiger partial charge is 0.378 e. The van der Waals surface area contributed by atoms with Crippen molar-refractivity contribution in [2.24, 2.45) is 0 Å². The van der Waals surface area contributed by atoms with E-state index >= 15 is 0 Å². The molecule has 33 heavy (non-hydrogen) atoms. The molecular formula is C22H19N9OS. The first-order chi connectivity index (χ1) is 16.3. The van der Waals surface area contributed by atoms with Crippen LogP contribution in [0.3, 0.4) is 0 Å². The lowest BCUT2D eigenvalue weighted by atomic mass is 10.2. The molecular weight excluding hydrogens is 438 g/mol. The first-order valence-electron chi connectivity index (χ1n) is 10.5. The highest BCUT2D eigenvalue weighted by Crippen LogP contribution is 2.26. The van der Waals surface area contributed by atoms with E-state index in [1.54, 1.807) is 29.8 Å². The predicted molar refractivity (Wildman–Crippen MR) is 126 cm³/mol. The lowest BCUT2D eigenvalue weighted by Crippen LogP contribution is -2.37. The van der Waals surface area contributed by atoms with Gasteiger partial charge in [0.15, 0.2) is 17.0 Å². The zero-order chi connectivity index (χ0) is 22.2. The smallest absolute Gasteiger partial charge is 0.229 e. The number of nitriles is 1. The summed E-state index contributed by atoms with van der Waals surface area (Å²) in [5.41, 5.74) is 4.69. The molecule has 1 saturated heterocycles. The summed E-state index contributed by atoms with van der Waals surface area (Å²) >= 11 is 1.63. The SMILES string of the molecule is N#Cc1ccc2[nH]c(CNc3nc(N4CCOCC4)nc4c3ncn4-c3ccsc3)nc2c1. The van der Waals surface area contributed by atoms with Crippen LogP contribution in [0.15, 0.2) is 41.4 Å². The van der Waals surface area contributed by atoms with Crippen LogP contribution in [0.5, 0.6) is 0 Å². The minimum Gasteiger partial charge on any atom is -0.378 e. The van der Waals surface area contributed by atoms with E-state index in [1.165, 1.54) is 0 Å². The van der Waals surface area contributed by atoms with Gasteiger partial charge in [-0.05, 0) is 29.6 Å². The van der Waals surface area contributed by atoms with Gasteiger partial charge >= 0.3 is 0 Å². The van der Waals surface area contributed by atoms with Gasteiger partial charge in [-0.3, -0.25) is 4.57 Å². The Morgan fingerprint density at radius 1 is 1.18 bits per heavy atom. The first kappa shape index (κ1) is 19.7. The number of nitrogens with zero attached hydrogens (tertiary/aromatic N) is 7. The molecule has 10 nitrogen and oxygen atoms in total. The maximum Gasteiger partial charge on any atom is 0.229 e. The zero-order valence-corrected chi connectivity index (χ0v) is 18.3. The van der Waals surface area contributed by atoms with E-state index in [-0.39, 0.29) is 0 Å². The molecule has 4 aromatic heterocycles. The highest BCUT2D eigenvalue weighted by atomic mass is 32.1. The van der Waals surface area contributed by atoms with E-state index in [4.69, 9.17) is 20.0 Å². The minimum atomic E-state index is 0.427. The Balaban J connectivity index is 1.37. The molecule has 0 saturated carbocycles. The molecule has 1 aliphatic rings. The Kier molecular flexibility index (Phi) is 4.86. The number of nitrogens with one attached hydrogen (secondary N) is 2. The fourth-order valence-corrected chi connectivity index (χ4v) is 4.51. The van der Waals surface area contributed by atoms with Crippen LogP contribution in [-0.2, 0) is 11.3 Å². The number of H-pyrrole nitrogens is 1. The van der Waals surface area contributed by atoms with Crippen molar-refractivity contribution in [2.45, 2.75) is 6.54 Å². The Labute approximate surface area is 192 Å². The molecule has 0 spiro atoms. The summed E-state index contributed by atoms with van der Waals surface area (Å²) in [6, 6.07) is 9.61. The Bertz CT molecular complexity index is 1480. The van der Waals surface area contributed by atoms with Gasteiger partial charge in [-0.25, -0.2) is 9.97 Å². The number of fused-ring (bicyclic) bond motifs is 2. The first-order valence-corrected chi connectivity index (χ1v) is 11.5. The molecule has 164 valence electrons. The number of morpholine rings is 1. The van der Waals surface area contributed by atoms with Crippen LogP contribution in [0, 0.1) is 11.3 Å². The molecule has 1 fully saturated rings. The molecule has 5 aromatic rings. The number of imidazole rings is 2. The third-order valence-corrected chi connectivity index (χ3v) is 6.22. The van der Waals surface area contributed by atoms with Crippen LogP contribution in [-0.4, -0.2) is 55.8 Å². The van der Waals surface area contributed by atoms with Gasteiger partial charge in [-0.15, -0.1) is 0 Å². The highest BCUT2D eigenvalue weighted by molar-refractivity contribution is 7.08. The lowest BCUT2D eigenvalue weighted by Gasteiger charge is -2.27. The average molecular weight is 458 g/mol. The maximum absolute atomic E-state index is 9.13. The molecule has 1 aromatic carbocycles. The van der Waals surface area contributed by atoms with Crippen molar-refractivity contribution in [3.63, 3.8) is 0 Å². The van der Waals surface area contributed by atoms with Crippen molar-refractivity contribution in [1.29, 1.82) is 5.26 Å². The minimum absolute atomic E-state index is 0.427. The monoisotopic (exact) mass is 457 g/mol. The lowest BCUT2D eigenvalue weighted by molar-refractivity contribution is 0.122. The van der Waals surface area contributed by atoms with Gasteiger partial charge in [-0.2, -0.15) is 26.6 Å². The number of hydrogen-bond acceptors (Lipinski definition) is 9. The number of thiophene rings is 1. The summed E-state index contributed by atoms with van der Waals surface area (Å²) in [7, 11) is 0. The second-order valence-electron chi connectivity index (χ2n) is 7.62. The second kappa shape index (κ2) is 8.16. The van der Waals surface area contributed by atoms with Gasteiger partial charge in [-0.1, -0.05) is 0 Å². The quantitative estimate of drug-likeness (QED) is 0.413. The molecule has 2 N–H and O–H groups in total. The van der Waals surface area contributed by atoms with Crippen LogP contribution < -0.4 is 10.2 Å². The number of benzene rings is 1. The van der Waals surface area contributed by atoms with E-state index < -0.39 is 0 Å². The number of rotatable bonds is 5. The van der Waals surface area contributed by atoms with Crippen molar-refractivity contribution in [3.8, 4) is 11.8 Å². The number of aromatic amines is 1. The molecule has 0 atom stereocenters. The van der Waals surface area contributed by atoms with Crippen LogP contribution in [0.1, 0.15) is 11.4 Å². The fourth-order valence-electron chi connectivity index (χ4n) is 3.88. The van der Waals surface area contributed by atoms with Crippen LogP contribution in [0.25, 0.3) is 27.9 Å². The standard InChI is InChI=1S/C22H19N9OS/c23-10-14-1-2-16-17(9-14)27-18(26-16)11-24-20-19-21(31(13-25-19)15-3-8-33-12-15)29-22(28-20)30-4-6-32-7-5-30/h1-3,8-9,12-13H,4-7,11H2,(H,26,27)(H,24,28,29). The summed E-state index contributed by atoms with van der Waals surface area (Å²) in [4.78, 5) is 24.3. The number of aromatic nitrogens is 6. The molecule has 1 aliphatic heterocycles. The molecule has 0 bridgehead atoms. The summed E-state index contributed by atoms with van der Waals surface area (Å²) in [5, 5.41) is 16.6. The number of hydrogen-bond donors (Lipinski definition) is 2. The van der Waals surface area contributed by atoms with Gasteiger partial charge in [0, 0.05) is 18.5 Å². The summed E-state index contributed by atoms with van der Waals surface area (Å²) in [6.45, 7) is 3.20. The molecule has 0 amide bonds. The van der Waals surface area contributed by atoms with Crippen molar-refractivity contribution >= 4 is 45.3 Å². The number of ether oxygens (including phenoxy) is 1. The second-order valence-corrected chi connectivity index (χ2v) is 8.40. The van der Waals surface area contributed by atoms with E-state index in [0.717, 1.165) is 41.3 Å². The molecule has 5 heterocycles. The Morgan fingerprint density at radius 2 is 2.09 bits per heavy atom. The highest BCUT2D eigenvalue weighted by Gasteiger charge is 2.20.